The summed E-state index contributed by atoms with van der Waals surface area (Å²) in [5.41, 5.74) is 0. The Balaban J connectivity index is 2.06. The van der Waals surface area contributed by atoms with Crippen LogP contribution in [0, 0.1) is 0 Å². The van der Waals surface area contributed by atoms with E-state index in [9.17, 15) is 0 Å². The molecule has 19 heavy (non-hydrogen) atoms. The molecule has 4 heteroatoms. The highest BCUT2D eigenvalue weighted by Crippen LogP contribution is 2.10. The second-order valence-corrected chi connectivity index (χ2v) is 5.06. The van der Waals surface area contributed by atoms with Crippen LogP contribution in [0.1, 0.15) is 70.6 Å². The molecule has 0 amide bonds. The van der Waals surface area contributed by atoms with Gasteiger partial charge in [-0.15, -0.1) is 10.2 Å². The summed E-state index contributed by atoms with van der Waals surface area (Å²) in [6.07, 6.45) is 10.7. The molecular formula is C15H29N3O. The van der Waals surface area contributed by atoms with Gasteiger partial charge in [-0.05, 0) is 25.9 Å². The monoisotopic (exact) mass is 267 g/mol. The van der Waals surface area contributed by atoms with Crippen LogP contribution in [0.2, 0.25) is 0 Å². The molecule has 1 heterocycles. The predicted molar refractivity (Wildman–Crippen MR) is 78.2 cm³/mol. The smallest absolute Gasteiger partial charge is 0.216 e. The lowest BCUT2D eigenvalue weighted by atomic mass is 10.1. The molecule has 0 aliphatic rings. The molecule has 0 bridgehead atoms. The van der Waals surface area contributed by atoms with Crippen LogP contribution in [0.5, 0.6) is 0 Å². The van der Waals surface area contributed by atoms with Crippen molar-refractivity contribution in [3.05, 3.63) is 11.8 Å². The third kappa shape index (κ3) is 7.98. The molecule has 1 rings (SSSR count). The number of hydrogen-bond acceptors (Lipinski definition) is 4. The third-order valence-electron chi connectivity index (χ3n) is 3.25. The molecule has 0 fully saturated rings. The quantitative estimate of drug-likeness (QED) is 0.589. The highest BCUT2D eigenvalue weighted by Gasteiger charge is 2.05. The van der Waals surface area contributed by atoms with Gasteiger partial charge >= 0.3 is 0 Å². The van der Waals surface area contributed by atoms with Gasteiger partial charge in [0, 0.05) is 12.8 Å². The lowest BCUT2D eigenvalue weighted by molar-refractivity contribution is 0.434. The van der Waals surface area contributed by atoms with Gasteiger partial charge in [-0.3, -0.25) is 0 Å². The highest BCUT2D eigenvalue weighted by molar-refractivity contribution is 4.82. The minimum Gasteiger partial charge on any atom is -0.425 e. The lowest BCUT2D eigenvalue weighted by Crippen LogP contribution is -2.14. The van der Waals surface area contributed by atoms with Crippen LogP contribution in [0.4, 0.5) is 0 Å². The molecular weight excluding hydrogens is 238 g/mol. The molecule has 4 nitrogen and oxygen atoms in total. The molecule has 0 aromatic carbocycles. The van der Waals surface area contributed by atoms with E-state index in [1.807, 2.05) is 0 Å². The molecule has 110 valence electrons. The molecule has 0 radical (unpaired) electrons. The molecule has 0 saturated carbocycles. The molecule has 1 aromatic heterocycles. The fourth-order valence-corrected chi connectivity index (χ4v) is 2.09. The van der Waals surface area contributed by atoms with Crippen LogP contribution in [0.25, 0.3) is 0 Å². The summed E-state index contributed by atoms with van der Waals surface area (Å²) in [6.45, 7) is 6.40. The minimum absolute atomic E-state index is 0.791. The van der Waals surface area contributed by atoms with Crippen molar-refractivity contribution in [2.24, 2.45) is 0 Å². The highest BCUT2D eigenvalue weighted by atomic mass is 16.4. The first-order valence-corrected chi connectivity index (χ1v) is 7.88. The fraction of sp³-hybridized carbons (Fsp3) is 0.867. The maximum absolute atomic E-state index is 5.64. The van der Waals surface area contributed by atoms with Crippen LogP contribution in [0.3, 0.4) is 0 Å². The van der Waals surface area contributed by atoms with E-state index in [1.165, 1.54) is 38.5 Å². The first-order chi connectivity index (χ1) is 9.36. The zero-order chi connectivity index (χ0) is 13.8. The van der Waals surface area contributed by atoms with Gasteiger partial charge in [-0.25, -0.2) is 0 Å². The molecule has 0 spiro atoms. The van der Waals surface area contributed by atoms with Gasteiger partial charge in [0.25, 0.3) is 0 Å². The molecule has 0 atom stereocenters. The molecule has 0 saturated heterocycles. The Hall–Kier alpha value is -0.900. The standard InChI is InChI=1S/C15H29N3O/c1-3-5-6-7-8-9-11-14-17-18-15(19-14)12-10-13-16-4-2/h16H,3-13H2,1-2H3. The summed E-state index contributed by atoms with van der Waals surface area (Å²) in [7, 11) is 0. The zero-order valence-electron chi connectivity index (χ0n) is 12.6. The topological polar surface area (TPSA) is 51.0 Å². The Bertz CT molecular complexity index is 312. The van der Waals surface area contributed by atoms with Crippen LogP contribution >= 0.6 is 0 Å². The van der Waals surface area contributed by atoms with Crippen LogP contribution in [0.15, 0.2) is 4.42 Å². The third-order valence-corrected chi connectivity index (χ3v) is 3.25. The second kappa shape index (κ2) is 11.0. The zero-order valence-corrected chi connectivity index (χ0v) is 12.6. The Morgan fingerprint density at radius 2 is 1.47 bits per heavy atom. The van der Waals surface area contributed by atoms with Crippen LogP contribution in [-0.2, 0) is 12.8 Å². The number of hydrogen-bond donors (Lipinski definition) is 1. The molecule has 1 aromatic rings. The number of rotatable bonds is 12. The van der Waals surface area contributed by atoms with E-state index in [0.29, 0.717) is 0 Å². The van der Waals surface area contributed by atoms with Gasteiger partial charge in [-0.2, -0.15) is 0 Å². The summed E-state index contributed by atoms with van der Waals surface area (Å²) >= 11 is 0. The number of aryl methyl sites for hydroxylation is 2. The fourth-order valence-electron chi connectivity index (χ4n) is 2.09. The van der Waals surface area contributed by atoms with E-state index < -0.39 is 0 Å². The molecule has 0 unspecified atom stereocenters. The van der Waals surface area contributed by atoms with E-state index >= 15 is 0 Å². The van der Waals surface area contributed by atoms with Gasteiger partial charge in [0.15, 0.2) is 0 Å². The van der Waals surface area contributed by atoms with Gasteiger partial charge in [0.05, 0.1) is 0 Å². The van der Waals surface area contributed by atoms with E-state index in [2.05, 4.69) is 29.4 Å². The van der Waals surface area contributed by atoms with Crippen molar-refractivity contribution in [2.45, 2.75) is 71.6 Å². The average molecular weight is 267 g/mol. The number of nitrogens with one attached hydrogen (secondary N) is 1. The average Bonchev–Trinajstić information content (AvgIpc) is 2.87. The molecule has 0 aliphatic heterocycles. The van der Waals surface area contributed by atoms with Crippen molar-refractivity contribution >= 4 is 0 Å². The maximum Gasteiger partial charge on any atom is 0.216 e. The summed E-state index contributed by atoms with van der Waals surface area (Å²) in [5, 5.41) is 11.5. The van der Waals surface area contributed by atoms with Crippen molar-refractivity contribution in [3.8, 4) is 0 Å². The summed E-state index contributed by atoms with van der Waals surface area (Å²) in [5.74, 6) is 1.60. The van der Waals surface area contributed by atoms with Crippen LogP contribution in [-0.4, -0.2) is 23.3 Å². The van der Waals surface area contributed by atoms with Crippen molar-refractivity contribution in [3.63, 3.8) is 0 Å². The van der Waals surface area contributed by atoms with Gasteiger partial charge in [0.1, 0.15) is 0 Å². The Kier molecular flexibility index (Phi) is 9.33. The van der Waals surface area contributed by atoms with Crippen molar-refractivity contribution in [1.29, 1.82) is 0 Å². The summed E-state index contributed by atoms with van der Waals surface area (Å²) < 4.78 is 5.64. The van der Waals surface area contributed by atoms with Crippen molar-refractivity contribution in [2.75, 3.05) is 13.1 Å². The number of aromatic nitrogens is 2. The Morgan fingerprint density at radius 3 is 2.16 bits per heavy atom. The molecule has 0 aliphatic carbocycles. The summed E-state index contributed by atoms with van der Waals surface area (Å²) in [6, 6.07) is 0. The van der Waals surface area contributed by atoms with Gasteiger partial charge in [0.2, 0.25) is 11.8 Å². The Morgan fingerprint density at radius 1 is 0.842 bits per heavy atom. The minimum atomic E-state index is 0.791. The Labute approximate surface area is 117 Å². The summed E-state index contributed by atoms with van der Waals surface area (Å²) in [4.78, 5) is 0. The SMILES string of the molecule is CCCCCCCCc1nnc(CCCNCC)o1. The predicted octanol–water partition coefficient (Wildman–Crippen LogP) is 3.51. The maximum atomic E-state index is 5.64. The number of unbranched alkanes of at least 4 members (excludes halogenated alkanes) is 5. The van der Waals surface area contributed by atoms with E-state index in [1.54, 1.807) is 0 Å². The van der Waals surface area contributed by atoms with Gasteiger partial charge < -0.3 is 9.73 Å². The first kappa shape index (κ1) is 16.2. The number of nitrogens with zero attached hydrogens (tertiary/aromatic N) is 2. The first-order valence-electron chi connectivity index (χ1n) is 7.88. The largest absolute Gasteiger partial charge is 0.425 e. The van der Waals surface area contributed by atoms with Crippen molar-refractivity contribution < 1.29 is 4.42 Å². The van der Waals surface area contributed by atoms with Gasteiger partial charge in [-0.1, -0.05) is 46.0 Å². The normalized spacial score (nSPS) is 11.1. The van der Waals surface area contributed by atoms with Crippen LogP contribution < -0.4 is 5.32 Å². The second-order valence-electron chi connectivity index (χ2n) is 5.06. The van der Waals surface area contributed by atoms with Crippen molar-refractivity contribution in [1.82, 2.24) is 15.5 Å². The van der Waals surface area contributed by atoms with E-state index in [0.717, 1.165) is 44.1 Å². The van der Waals surface area contributed by atoms with E-state index in [4.69, 9.17) is 4.42 Å². The molecule has 1 N–H and O–H groups in total. The lowest BCUT2D eigenvalue weighted by Gasteiger charge is -1.98. The van der Waals surface area contributed by atoms with E-state index in [-0.39, 0.29) is 0 Å².